The molecular formula is C15H24N4O5S. The van der Waals surface area contributed by atoms with Crippen molar-refractivity contribution in [2.24, 2.45) is 5.92 Å². The molecule has 10 heteroatoms. The van der Waals surface area contributed by atoms with Crippen molar-refractivity contribution < 1.29 is 22.4 Å². The number of carbonyl (C=O) groups is 1. The maximum absolute atomic E-state index is 12.8. The fourth-order valence-corrected chi connectivity index (χ4v) is 4.71. The van der Waals surface area contributed by atoms with E-state index in [1.807, 2.05) is 0 Å². The Morgan fingerprint density at radius 3 is 2.60 bits per heavy atom. The first kappa shape index (κ1) is 18.1. The van der Waals surface area contributed by atoms with Gasteiger partial charge >= 0.3 is 6.01 Å². The summed E-state index contributed by atoms with van der Waals surface area (Å²) in [4.78, 5) is 14.4. The van der Waals surface area contributed by atoms with Crippen molar-refractivity contribution in [3.8, 4) is 0 Å². The summed E-state index contributed by atoms with van der Waals surface area (Å²) in [5.41, 5.74) is 0. The molecule has 25 heavy (non-hydrogen) atoms. The van der Waals surface area contributed by atoms with E-state index in [0.717, 1.165) is 12.8 Å². The summed E-state index contributed by atoms with van der Waals surface area (Å²) in [5, 5.41) is 10.9. The van der Waals surface area contributed by atoms with Gasteiger partial charge in [0.25, 0.3) is 0 Å². The van der Waals surface area contributed by atoms with Gasteiger partial charge in [-0.15, -0.1) is 5.10 Å². The van der Waals surface area contributed by atoms with Crippen molar-refractivity contribution in [2.45, 2.75) is 38.3 Å². The number of aryl methyl sites for hydroxylation is 1. The number of methoxy groups -OCH3 is 1. The van der Waals surface area contributed by atoms with Crippen molar-refractivity contribution in [1.82, 2.24) is 15.1 Å². The molecule has 1 aliphatic heterocycles. The highest BCUT2D eigenvalue weighted by Crippen LogP contribution is 2.30. The summed E-state index contributed by atoms with van der Waals surface area (Å²) in [7, 11) is -1.35. The van der Waals surface area contributed by atoms with Gasteiger partial charge in [0.05, 0.1) is 23.7 Å². The predicted molar refractivity (Wildman–Crippen MR) is 89.8 cm³/mol. The molecule has 0 radical (unpaired) electrons. The summed E-state index contributed by atoms with van der Waals surface area (Å²) in [5.74, 6) is 0.436. The first-order valence-electron chi connectivity index (χ1n) is 8.46. The van der Waals surface area contributed by atoms with E-state index in [4.69, 9.17) is 9.15 Å². The van der Waals surface area contributed by atoms with E-state index in [9.17, 15) is 13.2 Å². The van der Waals surface area contributed by atoms with Crippen LogP contribution >= 0.6 is 0 Å². The van der Waals surface area contributed by atoms with Crippen molar-refractivity contribution >= 4 is 21.8 Å². The monoisotopic (exact) mass is 372 g/mol. The average Bonchev–Trinajstić information content (AvgIpc) is 2.99. The number of amides is 1. The van der Waals surface area contributed by atoms with E-state index in [1.54, 1.807) is 18.9 Å². The number of hydrogen-bond donors (Lipinski definition) is 1. The van der Waals surface area contributed by atoms with Gasteiger partial charge in [0, 0.05) is 33.0 Å². The molecule has 9 nitrogen and oxygen atoms in total. The standard InChI is InChI=1S/C15H24N4O5S/c1-10-17-18-15(24-10)16-12-9-11(3-4-13(12)23-2)14(20)19-5-7-25(21,22)8-6-19/h11-13H,3-9H2,1-2H3,(H,16,18)/t11-,12+,13+/m0/s1. The molecule has 1 saturated heterocycles. The van der Waals surface area contributed by atoms with Gasteiger partial charge < -0.3 is 19.4 Å². The number of carbonyl (C=O) groups excluding carboxylic acids is 1. The molecular weight excluding hydrogens is 348 g/mol. The van der Waals surface area contributed by atoms with E-state index in [0.29, 0.717) is 18.3 Å². The van der Waals surface area contributed by atoms with E-state index < -0.39 is 9.84 Å². The molecule has 1 amide bonds. The van der Waals surface area contributed by atoms with Crippen LogP contribution in [0, 0.1) is 12.8 Å². The molecule has 1 aliphatic carbocycles. The lowest BCUT2D eigenvalue weighted by molar-refractivity contribution is -0.137. The van der Waals surface area contributed by atoms with Crippen molar-refractivity contribution in [1.29, 1.82) is 0 Å². The van der Waals surface area contributed by atoms with Crippen molar-refractivity contribution in [2.75, 3.05) is 37.0 Å². The minimum Gasteiger partial charge on any atom is -0.408 e. The maximum atomic E-state index is 12.8. The Hall–Kier alpha value is -1.68. The van der Waals surface area contributed by atoms with Crippen LogP contribution in [0.3, 0.4) is 0 Å². The second-order valence-corrected chi connectivity index (χ2v) is 8.94. The van der Waals surface area contributed by atoms with Crippen LogP contribution in [0.25, 0.3) is 0 Å². The number of anilines is 1. The SMILES string of the molecule is CO[C@@H]1CC[C@H](C(=O)N2CCS(=O)(=O)CC2)C[C@H]1Nc1nnc(C)o1. The minimum absolute atomic E-state index is 0.0259. The molecule has 1 N–H and O–H groups in total. The van der Waals surface area contributed by atoms with Crippen LogP contribution in [0.15, 0.2) is 4.42 Å². The van der Waals surface area contributed by atoms with Crippen molar-refractivity contribution in [3.05, 3.63) is 5.89 Å². The highest BCUT2D eigenvalue weighted by atomic mass is 32.2. The minimum atomic E-state index is -3.00. The molecule has 3 atom stereocenters. The largest absolute Gasteiger partial charge is 0.408 e. The molecule has 3 rings (SSSR count). The van der Waals surface area contributed by atoms with Gasteiger partial charge in [0.1, 0.15) is 0 Å². The summed E-state index contributed by atoms with van der Waals surface area (Å²) >= 11 is 0. The average molecular weight is 372 g/mol. The molecule has 2 heterocycles. The molecule has 2 fully saturated rings. The van der Waals surface area contributed by atoms with Crippen LogP contribution in [0.4, 0.5) is 6.01 Å². The summed E-state index contributed by atoms with van der Waals surface area (Å²) in [6, 6.07) is 0.211. The topological polar surface area (TPSA) is 115 Å². The number of aromatic nitrogens is 2. The van der Waals surface area contributed by atoms with Gasteiger partial charge in [0.15, 0.2) is 9.84 Å². The Morgan fingerprint density at radius 1 is 1.28 bits per heavy atom. The number of ether oxygens (including phenoxy) is 1. The molecule has 0 aromatic carbocycles. The molecule has 1 aromatic rings. The van der Waals surface area contributed by atoms with Crippen LogP contribution in [-0.2, 0) is 19.4 Å². The zero-order valence-electron chi connectivity index (χ0n) is 14.5. The second-order valence-electron chi connectivity index (χ2n) is 6.64. The van der Waals surface area contributed by atoms with Crippen molar-refractivity contribution in [3.63, 3.8) is 0 Å². The van der Waals surface area contributed by atoms with Gasteiger partial charge in [-0.1, -0.05) is 5.10 Å². The second kappa shape index (κ2) is 7.28. The molecule has 0 bridgehead atoms. The molecule has 1 saturated carbocycles. The van der Waals surface area contributed by atoms with Crippen LogP contribution in [-0.4, -0.2) is 73.3 Å². The molecule has 140 valence electrons. The lowest BCUT2D eigenvalue weighted by atomic mass is 9.82. The van der Waals surface area contributed by atoms with E-state index in [2.05, 4.69) is 15.5 Å². The predicted octanol–water partition coefficient (Wildman–Crippen LogP) is 0.231. The zero-order chi connectivity index (χ0) is 18.0. The Labute approximate surface area is 147 Å². The zero-order valence-corrected chi connectivity index (χ0v) is 15.3. The summed E-state index contributed by atoms with van der Waals surface area (Å²) in [6.07, 6.45) is 2.01. The molecule has 1 aromatic heterocycles. The van der Waals surface area contributed by atoms with Crippen LogP contribution in [0.2, 0.25) is 0 Å². The highest BCUT2D eigenvalue weighted by Gasteiger charge is 2.37. The molecule has 2 aliphatic rings. The normalized spacial score (nSPS) is 29.4. The van der Waals surface area contributed by atoms with Gasteiger partial charge in [-0.05, 0) is 19.3 Å². The third-order valence-electron chi connectivity index (χ3n) is 4.93. The van der Waals surface area contributed by atoms with Gasteiger partial charge in [-0.2, -0.15) is 0 Å². The van der Waals surface area contributed by atoms with Crippen LogP contribution in [0.1, 0.15) is 25.2 Å². The van der Waals surface area contributed by atoms with Crippen LogP contribution < -0.4 is 5.32 Å². The van der Waals surface area contributed by atoms with Gasteiger partial charge in [-0.3, -0.25) is 4.79 Å². The maximum Gasteiger partial charge on any atom is 0.315 e. The van der Waals surface area contributed by atoms with Gasteiger partial charge in [0.2, 0.25) is 11.8 Å². The number of sulfone groups is 1. The summed E-state index contributed by atoms with van der Waals surface area (Å²) in [6.45, 7) is 2.28. The van der Waals surface area contributed by atoms with E-state index in [1.165, 1.54) is 0 Å². The molecule has 0 spiro atoms. The Bertz CT molecular complexity index is 705. The number of nitrogens with one attached hydrogen (secondary N) is 1. The van der Waals surface area contributed by atoms with Gasteiger partial charge in [-0.25, -0.2) is 8.42 Å². The fraction of sp³-hybridized carbons (Fsp3) is 0.800. The molecule has 0 unspecified atom stereocenters. The smallest absolute Gasteiger partial charge is 0.315 e. The first-order chi connectivity index (χ1) is 11.9. The Morgan fingerprint density at radius 2 is 2.00 bits per heavy atom. The summed E-state index contributed by atoms with van der Waals surface area (Å²) < 4.78 is 34.0. The lowest BCUT2D eigenvalue weighted by Crippen LogP contribution is -2.49. The van der Waals surface area contributed by atoms with E-state index >= 15 is 0 Å². The number of rotatable bonds is 4. The van der Waals surface area contributed by atoms with Crippen LogP contribution in [0.5, 0.6) is 0 Å². The third kappa shape index (κ3) is 4.30. The fourth-order valence-electron chi connectivity index (χ4n) is 3.51. The lowest BCUT2D eigenvalue weighted by Gasteiger charge is -2.37. The Balaban J connectivity index is 1.63. The Kier molecular flexibility index (Phi) is 5.28. The third-order valence-corrected chi connectivity index (χ3v) is 6.54. The van der Waals surface area contributed by atoms with E-state index in [-0.39, 0.29) is 48.6 Å². The number of hydrogen-bond acceptors (Lipinski definition) is 8. The number of nitrogens with zero attached hydrogens (tertiary/aromatic N) is 3. The highest BCUT2D eigenvalue weighted by molar-refractivity contribution is 7.91. The quantitative estimate of drug-likeness (QED) is 0.799. The first-order valence-corrected chi connectivity index (χ1v) is 10.3.